The van der Waals surface area contributed by atoms with Crippen molar-refractivity contribution in [3.05, 3.63) is 35.4 Å². The fourth-order valence-corrected chi connectivity index (χ4v) is 4.02. The highest BCUT2D eigenvalue weighted by atomic mass is 19.4. The smallest absolute Gasteiger partial charge is 0.379 e. The Balaban J connectivity index is 2.09. The second kappa shape index (κ2) is 9.07. The maximum Gasteiger partial charge on any atom is 0.418 e. The largest absolute Gasteiger partial charge is 0.418 e. The van der Waals surface area contributed by atoms with E-state index in [0.29, 0.717) is 0 Å². The predicted molar refractivity (Wildman–Crippen MR) is 95.4 cm³/mol. The molecule has 1 aliphatic carbocycles. The fourth-order valence-electron chi connectivity index (χ4n) is 4.02. The number of aliphatic hydroxyl groups is 1. The van der Waals surface area contributed by atoms with E-state index >= 15 is 0 Å². The first-order chi connectivity index (χ1) is 11.8. The lowest BCUT2D eigenvalue weighted by molar-refractivity contribution is -0.206. The van der Waals surface area contributed by atoms with Gasteiger partial charge in [-0.2, -0.15) is 13.2 Å². The number of benzene rings is 1. The quantitative estimate of drug-likeness (QED) is 0.635. The van der Waals surface area contributed by atoms with E-state index in [0.717, 1.165) is 24.8 Å². The molecule has 142 valence electrons. The molecular formula is C21H31F3O. The van der Waals surface area contributed by atoms with Crippen LogP contribution in [0, 0.1) is 5.41 Å². The van der Waals surface area contributed by atoms with Crippen molar-refractivity contribution in [2.24, 2.45) is 5.41 Å². The molecule has 0 radical (unpaired) electrons. The van der Waals surface area contributed by atoms with Crippen LogP contribution in [0.15, 0.2) is 24.3 Å². The topological polar surface area (TPSA) is 20.2 Å². The van der Waals surface area contributed by atoms with Gasteiger partial charge in [-0.05, 0) is 35.8 Å². The van der Waals surface area contributed by atoms with Gasteiger partial charge in [-0.3, -0.25) is 0 Å². The first-order valence-corrected chi connectivity index (χ1v) is 9.64. The molecule has 0 aliphatic heterocycles. The zero-order chi connectivity index (χ0) is 18.3. The zero-order valence-corrected chi connectivity index (χ0v) is 15.2. The van der Waals surface area contributed by atoms with Gasteiger partial charge in [-0.25, -0.2) is 0 Å². The van der Waals surface area contributed by atoms with Crippen LogP contribution >= 0.6 is 0 Å². The summed E-state index contributed by atoms with van der Waals surface area (Å²) in [6.45, 7) is 2.28. The van der Waals surface area contributed by atoms with E-state index < -0.39 is 12.3 Å². The lowest BCUT2D eigenvalue weighted by Gasteiger charge is -2.30. The van der Waals surface area contributed by atoms with Gasteiger partial charge in [0, 0.05) is 0 Å². The van der Waals surface area contributed by atoms with Crippen molar-refractivity contribution in [1.29, 1.82) is 0 Å². The van der Waals surface area contributed by atoms with Gasteiger partial charge in [0.1, 0.15) is 0 Å². The first-order valence-electron chi connectivity index (χ1n) is 9.64. The van der Waals surface area contributed by atoms with Crippen molar-refractivity contribution in [3.63, 3.8) is 0 Å². The highest BCUT2D eigenvalue weighted by molar-refractivity contribution is 5.27. The molecule has 25 heavy (non-hydrogen) atoms. The van der Waals surface area contributed by atoms with E-state index in [1.165, 1.54) is 63.5 Å². The summed E-state index contributed by atoms with van der Waals surface area (Å²) in [7, 11) is 0. The van der Waals surface area contributed by atoms with E-state index in [9.17, 15) is 18.3 Å². The van der Waals surface area contributed by atoms with Gasteiger partial charge in [0.25, 0.3) is 0 Å². The van der Waals surface area contributed by atoms with E-state index in [1.54, 1.807) is 6.07 Å². The van der Waals surface area contributed by atoms with Crippen LogP contribution in [0.3, 0.4) is 0 Å². The Labute approximate surface area is 149 Å². The Morgan fingerprint density at radius 3 is 2.00 bits per heavy atom. The molecule has 0 amide bonds. The number of alkyl halides is 3. The molecule has 1 N–H and O–H groups in total. The van der Waals surface area contributed by atoms with Crippen molar-refractivity contribution in [3.8, 4) is 0 Å². The summed E-state index contributed by atoms with van der Waals surface area (Å²) in [4.78, 5) is 0. The van der Waals surface area contributed by atoms with Crippen LogP contribution in [-0.4, -0.2) is 11.3 Å². The van der Waals surface area contributed by atoms with Gasteiger partial charge in [-0.1, -0.05) is 82.6 Å². The van der Waals surface area contributed by atoms with Gasteiger partial charge in [0.05, 0.1) is 0 Å². The fraction of sp³-hybridized carbons (Fsp3) is 0.714. The third-order valence-corrected chi connectivity index (χ3v) is 5.52. The third-order valence-electron chi connectivity index (χ3n) is 5.52. The number of hydrogen-bond donors (Lipinski definition) is 1. The molecule has 1 nitrogen and oxygen atoms in total. The number of halogens is 3. The molecule has 0 unspecified atom stereocenters. The molecule has 1 fully saturated rings. The normalized spacial score (nSPS) is 21.3. The zero-order valence-electron chi connectivity index (χ0n) is 15.2. The molecule has 0 saturated heterocycles. The molecule has 1 aromatic carbocycles. The Bertz CT molecular complexity index is 512. The Kier molecular flexibility index (Phi) is 7.36. The van der Waals surface area contributed by atoms with E-state index in [4.69, 9.17) is 0 Å². The SMILES string of the molecule is CC1(Cc2cccc([C@@H](O)C(F)(F)F)c2)CCCCCCCCCC1. The lowest BCUT2D eigenvalue weighted by Crippen LogP contribution is -2.22. The number of hydrogen-bond acceptors (Lipinski definition) is 1. The lowest BCUT2D eigenvalue weighted by atomic mass is 9.75. The third kappa shape index (κ3) is 6.65. The van der Waals surface area contributed by atoms with Crippen molar-refractivity contribution in [1.82, 2.24) is 0 Å². The summed E-state index contributed by atoms with van der Waals surface area (Å²) in [5.74, 6) is 0. The van der Waals surface area contributed by atoms with Crippen LogP contribution in [0.5, 0.6) is 0 Å². The number of rotatable bonds is 3. The van der Waals surface area contributed by atoms with E-state index in [2.05, 4.69) is 6.92 Å². The standard InChI is InChI=1S/C21H31F3O/c1-20(13-8-6-4-2-3-5-7-9-14-20)16-17-11-10-12-18(15-17)19(25)21(22,23)24/h10-12,15,19,25H,2-9,13-14,16H2,1H3/t19-/m1/s1. The van der Waals surface area contributed by atoms with Crippen molar-refractivity contribution in [2.75, 3.05) is 0 Å². The van der Waals surface area contributed by atoms with Crippen LogP contribution in [0.2, 0.25) is 0 Å². The molecule has 0 bridgehead atoms. The van der Waals surface area contributed by atoms with Crippen LogP contribution in [0.25, 0.3) is 0 Å². The minimum absolute atomic E-state index is 0.0507. The van der Waals surface area contributed by atoms with Gasteiger partial charge >= 0.3 is 6.18 Å². The van der Waals surface area contributed by atoms with Crippen LogP contribution in [-0.2, 0) is 6.42 Å². The maximum absolute atomic E-state index is 12.8. The molecule has 1 aromatic rings. The summed E-state index contributed by atoms with van der Waals surface area (Å²) in [6.07, 6.45) is 6.16. The van der Waals surface area contributed by atoms with Crippen molar-refractivity contribution in [2.45, 2.75) is 89.8 Å². The average molecular weight is 356 g/mol. The monoisotopic (exact) mass is 356 g/mol. The molecule has 0 heterocycles. The molecule has 2 rings (SSSR count). The predicted octanol–water partition coefficient (Wildman–Crippen LogP) is 6.75. The average Bonchev–Trinajstić information content (AvgIpc) is 2.59. The molecule has 0 spiro atoms. The Morgan fingerprint density at radius 1 is 0.960 bits per heavy atom. The summed E-state index contributed by atoms with van der Waals surface area (Å²) in [5, 5.41) is 9.51. The molecule has 0 aromatic heterocycles. The Morgan fingerprint density at radius 2 is 1.48 bits per heavy atom. The van der Waals surface area contributed by atoms with Crippen LogP contribution < -0.4 is 0 Å². The van der Waals surface area contributed by atoms with Crippen molar-refractivity contribution >= 4 is 0 Å². The van der Waals surface area contributed by atoms with Crippen molar-refractivity contribution < 1.29 is 18.3 Å². The van der Waals surface area contributed by atoms with Gasteiger partial charge in [0.2, 0.25) is 0 Å². The molecule has 1 atom stereocenters. The summed E-state index contributed by atoms with van der Waals surface area (Å²) < 4.78 is 38.3. The summed E-state index contributed by atoms with van der Waals surface area (Å²) >= 11 is 0. The molecule has 4 heteroatoms. The number of aliphatic hydroxyl groups excluding tert-OH is 1. The Hall–Kier alpha value is -1.03. The van der Waals surface area contributed by atoms with Gasteiger partial charge in [-0.15, -0.1) is 0 Å². The summed E-state index contributed by atoms with van der Waals surface area (Å²) in [5.41, 5.74) is 0.982. The van der Waals surface area contributed by atoms with Crippen LogP contribution in [0.4, 0.5) is 13.2 Å². The van der Waals surface area contributed by atoms with Crippen LogP contribution in [0.1, 0.15) is 88.4 Å². The van der Waals surface area contributed by atoms with Gasteiger partial charge < -0.3 is 5.11 Å². The first kappa shape index (κ1) is 20.3. The molecule has 1 saturated carbocycles. The minimum atomic E-state index is -4.61. The molecule has 1 aliphatic rings. The van der Waals surface area contributed by atoms with E-state index in [1.807, 2.05) is 6.07 Å². The van der Waals surface area contributed by atoms with Gasteiger partial charge in [0.15, 0.2) is 6.10 Å². The van der Waals surface area contributed by atoms with E-state index in [-0.39, 0.29) is 11.0 Å². The highest BCUT2D eigenvalue weighted by Gasteiger charge is 2.39. The second-order valence-corrected chi connectivity index (χ2v) is 8.01. The summed E-state index contributed by atoms with van der Waals surface area (Å²) in [6, 6.07) is 6.42. The minimum Gasteiger partial charge on any atom is -0.379 e. The molecular weight excluding hydrogens is 325 g/mol. The highest BCUT2D eigenvalue weighted by Crippen LogP contribution is 2.37. The maximum atomic E-state index is 12.8. The second-order valence-electron chi connectivity index (χ2n) is 8.01.